The first-order valence-corrected chi connectivity index (χ1v) is 9.15. The van der Waals surface area contributed by atoms with Crippen molar-refractivity contribution >= 4 is 5.91 Å². The van der Waals surface area contributed by atoms with Crippen molar-refractivity contribution in [2.75, 3.05) is 13.1 Å². The number of carbonyl (C=O) groups is 1. The molecule has 27 heavy (non-hydrogen) atoms. The smallest absolute Gasteiger partial charge is 0.274 e. The van der Waals surface area contributed by atoms with Gasteiger partial charge in [0, 0.05) is 43.2 Å². The predicted molar refractivity (Wildman–Crippen MR) is 102 cm³/mol. The van der Waals surface area contributed by atoms with Crippen molar-refractivity contribution < 1.29 is 4.79 Å². The van der Waals surface area contributed by atoms with Gasteiger partial charge < -0.3 is 4.90 Å². The molecule has 2 aromatic heterocycles. The molecule has 136 valence electrons. The number of rotatable bonds is 3. The summed E-state index contributed by atoms with van der Waals surface area (Å²) in [4.78, 5) is 31.7. The van der Waals surface area contributed by atoms with Gasteiger partial charge in [0.05, 0.1) is 23.8 Å². The van der Waals surface area contributed by atoms with Gasteiger partial charge in [0.1, 0.15) is 5.69 Å². The fourth-order valence-electron chi connectivity index (χ4n) is 3.52. The molecule has 1 saturated heterocycles. The molecule has 3 heterocycles. The van der Waals surface area contributed by atoms with E-state index in [2.05, 4.69) is 34.0 Å². The van der Waals surface area contributed by atoms with Crippen LogP contribution in [0.5, 0.6) is 0 Å². The summed E-state index contributed by atoms with van der Waals surface area (Å²) in [6, 6.07) is 8.21. The van der Waals surface area contributed by atoms with E-state index in [0.717, 1.165) is 29.8 Å². The van der Waals surface area contributed by atoms with Gasteiger partial charge in [-0.2, -0.15) is 0 Å². The standard InChI is InChI=1S/C21H21N5O/c1-15-4-2-3-5-17(15)19-13-23-12-18(25-19)16-6-10-26(11-7-16)21(27)20-14-22-8-9-24-20/h2-5,8-9,12-14,16H,6-7,10-11H2,1H3. The van der Waals surface area contributed by atoms with Crippen LogP contribution in [0.15, 0.2) is 55.2 Å². The average molecular weight is 359 g/mol. The quantitative estimate of drug-likeness (QED) is 0.718. The molecule has 1 aliphatic rings. The summed E-state index contributed by atoms with van der Waals surface area (Å²) < 4.78 is 0. The summed E-state index contributed by atoms with van der Waals surface area (Å²) in [5, 5.41) is 0. The highest BCUT2D eigenvalue weighted by atomic mass is 16.2. The lowest BCUT2D eigenvalue weighted by Crippen LogP contribution is -2.38. The van der Waals surface area contributed by atoms with E-state index in [1.54, 1.807) is 12.4 Å². The van der Waals surface area contributed by atoms with Crippen LogP contribution in [0.3, 0.4) is 0 Å². The second-order valence-corrected chi connectivity index (χ2v) is 6.80. The van der Waals surface area contributed by atoms with E-state index >= 15 is 0 Å². The van der Waals surface area contributed by atoms with E-state index in [1.165, 1.54) is 11.8 Å². The molecule has 1 aliphatic heterocycles. The summed E-state index contributed by atoms with van der Waals surface area (Å²) in [6.07, 6.45) is 10.1. The lowest BCUT2D eigenvalue weighted by atomic mass is 9.93. The Kier molecular flexibility index (Phi) is 4.87. The molecule has 1 amide bonds. The highest BCUT2D eigenvalue weighted by Crippen LogP contribution is 2.29. The zero-order chi connectivity index (χ0) is 18.6. The maximum Gasteiger partial charge on any atom is 0.274 e. The summed E-state index contributed by atoms with van der Waals surface area (Å²) in [5.41, 5.74) is 4.61. The number of aromatic nitrogens is 4. The molecule has 0 bridgehead atoms. The summed E-state index contributed by atoms with van der Waals surface area (Å²) >= 11 is 0. The molecule has 0 atom stereocenters. The van der Waals surface area contributed by atoms with Gasteiger partial charge in [-0.25, -0.2) is 9.97 Å². The number of carbonyl (C=O) groups excluding carboxylic acids is 1. The van der Waals surface area contributed by atoms with Gasteiger partial charge in [-0.15, -0.1) is 0 Å². The van der Waals surface area contributed by atoms with Crippen LogP contribution in [-0.2, 0) is 0 Å². The van der Waals surface area contributed by atoms with Gasteiger partial charge in [0.25, 0.3) is 5.91 Å². The normalized spacial score (nSPS) is 14.9. The first kappa shape index (κ1) is 17.3. The molecule has 0 spiro atoms. The molecule has 3 aromatic rings. The van der Waals surface area contributed by atoms with Crippen molar-refractivity contribution in [1.82, 2.24) is 24.8 Å². The van der Waals surface area contributed by atoms with E-state index in [0.29, 0.717) is 24.7 Å². The SMILES string of the molecule is Cc1ccccc1-c1cncc(C2CCN(C(=O)c3cnccn3)CC2)n1. The fourth-order valence-corrected chi connectivity index (χ4v) is 3.52. The maximum atomic E-state index is 12.5. The minimum absolute atomic E-state index is 0.0544. The third-order valence-electron chi connectivity index (χ3n) is 5.06. The second kappa shape index (κ2) is 7.61. The predicted octanol–water partition coefficient (Wildman–Crippen LogP) is 3.26. The van der Waals surface area contributed by atoms with Crippen LogP contribution in [0.2, 0.25) is 0 Å². The van der Waals surface area contributed by atoms with Crippen molar-refractivity contribution in [2.24, 2.45) is 0 Å². The van der Waals surface area contributed by atoms with Crippen molar-refractivity contribution in [3.63, 3.8) is 0 Å². The number of nitrogens with zero attached hydrogens (tertiary/aromatic N) is 5. The fraction of sp³-hybridized carbons (Fsp3) is 0.286. The summed E-state index contributed by atoms with van der Waals surface area (Å²) in [6.45, 7) is 3.47. The molecule has 1 fully saturated rings. The minimum Gasteiger partial charge on any atom is -0.337 e. The Labute approximate surface area is 158 Å². The van der Waals surface area contributed by atoms with E-state index < -0.39 is 0 Å². The number of hydrogen-bond donors (Lipinski definition) is 0. The molecule has 6 heteroatoms. The van der Waals surface area contributed by atoms with Gasteiger partial charge in [0.15, 0.2) is 0 Å². The molecular formula is C21H21N5O. The summed E-state index contributed by atoms with van der Waals surface area (Å²) in [7, 11) is 0. The van der Waals surface area contributed by atoms with E-state index in [1.807, 2.05) is 29.4 Å². The van der Waals surface area contributed by atoms with Gasteiger partial charge in [-0.1, -0.05) is 24.3 Å². The summed E-state index contributed by atoms with van der Waals surface area (Å²) in [5.74, 6) is 0.258. The number of piperidine rings is 1. The molecule has 0 N–H and O–H groups in total. The van der Waals surface area contributed by atoms with Crippen LogP contribution >= 0.6 is 0 Å². The number of hydrogen-bond acceptors (Lipinski definition) is 5. The van der Waals surface area contributed by atoms with Crippen LogP contribution in [0.25, 0.3) is 11.3 Å². The molecule has 0 unspecified atom stereocenters. The van der Waals surface area contributed by atoms with Crippen LogP contribution in [0.1, 0.15) is 40.5 Å². The lowest BCUT2D eigenvalue weighted by Gasteiger charge is -2.31. The van der Waals surface area contributed by atoms with Crippen molar-refractivity contribution in [1.29, 1.82) is 0 Å². The molecule has 0 saturated carbocycles. The first-order valence-electron chi connectivity index (χ1n) is 9.15. The van der Waals surface area contributed by atoms with Crippen LogP contribution < -0.4 is 0 Å². The third-order valence-corrected chi connectivity index (χ3v) is 5.06. The number of likely N-dealkylation sites (tertiary alicyclic amines) is 1. The van der Waals surface area contributed by atoms with Gasteiger partial charge in [-0.05, 0) is 25.3 Å². The Hall–Kier alpha value is -3.15. The van der Waals surface area contributed by atoms with E-state index in [9.17, 15) is 4.79 Å². The first-order chi connectivity index (χ1) is 13.2. The van der Waals surface area contributed by atoms with Crippen molar-refractivity contribution in [3.05, 3.63) is 72.2 Å². The average Bonchev–Trinajstić information content (AvgIpc) is 2.74. The minimum atomic E-state index is -0.0544. The maximum absolute atomic E-state index is 12.5. The van der Waals surface area contributed by atoms with Crippen LogP contribution in [-0.4, -0.2) is 43.8 Å². The van der Waals surface area contributed by atoms with Gasteiger partial charge in [0.2, 0.25) is 0 Å². The Balaban J connectivity index is 1.47. The van der Waals surface area contributed by atoms with Crippen molar-refractivity contribution in [2.45, 2.75) is 25.7 Å². The topological polar surface area (TPSA) is 71.9 Å². The number of aryl methyl sites for hydroxylation is 1. The van der Waals surface area contributed by atoms with Gasteiger partial charge >= 0.3 is 0 Å². The van der Waals surface area contributed by atoms with E-state index in [-0.39, 0.29) is 5.91 Å². The zero-order valence-corrected chi connectivity index (χ0v) is 15.2. The van der Waals surface area contributed by atoms with E-state index in [4.69, 9.17) is 4.98 Å². The van der Waals surface area contributed by atoms with Crippen LogP contribution in [0, 0.1) is 6.92 Å². The van der Waals surface area contributed by atoms with Crippen molar-refractivity contribution in [3.8, 4) is 11.3 Å². The largest absolute Gasteiger partial charge is 0.337 e. The second-order valence-electron chi connectivity index (χ2n) is 6.80. The lowest BCUT2D eigenvalue weighted by molar-refractivity contribution is 0.0705. The Bertz CT molecular complexity index is 936. The number of amides is 1. The monoisotopic (exact) mass is 359 g/mol. The highest BCUT2D eigenvalue weighted by Gasteiger charge is 2.26. The molecule has 6 nitrogen and oxygen atoms in total. The molecule has 0 radical (unpaired) electrons. The molecule has 1 aromatic carbocycles. The van der Waals surface area contributed by atoms with Gasteiger partial charge in [-0.3, -0.25) is 14.8 Å². The molecular weight excluding hydrogens is 338 g/mol. The van der Waals surface area contributed by atoms with Crippen LogP contribution in [0.4, 0.5) is 0 Å². The molecule has 4 rings (SSSR count). The Morgan fingerprint density at radius 3 is 2.59 bits per heavy atom. The molecule has 0 aliphatic carbocycles. The number of benzene rings is 1. The Morgan fingerprint density at radius 1 is 1.04 bits per heavy atom. The Morgan fingerprint density at radius 2 is 1.85 bits per heavy atom. The highest BCUT2D eigenvalue weighted by molar-refractivity contribution is 5.92. The third kappa shape index (κ3) is 3.69. The zero-order valence-electron chi connectivity index (χ0n) is 15.2.